The van der Waals surface area contributed by atoms with Crippen LogP contribution in [0.4, 0.5) is 0 Å². The summed E-state index contributed by atoms with van der Waals surface area (Å²) in [6.45, 7) is 2.16. The smallest absolute Gasteiger partial charge is 0.337 e. The third kappa shape index (κ3) is 2.14. The number of aryl methyl sites for hydroxylation is 1. The molecule has 0 aromatic carbocycles. The molecule has 0 atom stereocenters. The fourth-order valence-electron chi connectivity index (χ4n) is 1.82. The molecular formula is C11H11IN2O4. The molecular weight excluding hydrogens is 351 g/mol. The summed E-state index contributed by atoms with van der Waals surface area (Å²) >= 11 is 2.09. The van der Waals surface area contributed by atoms with Gasteiger partial charge in [0, 0.05) is 17.0 Å². The molecule has 2 aromatic rings. The highest BCUT2D eigenvalue weighted by molar-refractivity contribution is 14.1. The van der Waals surface area contributed by atoms with Crippen molar-refractivity contribution >= 4 is 33.7 Å². The predicted molar refractivity (Wildman–Crippen MR) is 75.6 cm³/mol. The van der Waals surface area contributed by atoms with Gasteiger partial charge in [-0.05, 0) is 12.0 Å². The summed E-state index contributed by atoms with van der Waals surface area (Å²) in [5.74, 6) is 0. The lowest BCUT2D eigenvalue weighted by Crippen LogP contribution is -2.36. The Kier molecular flexibility index (Phi) is 3.69. The molecule has 0 aliphatic rings. The molecule has 0 unspecified atom stereocenters. The second kappa shape index (κ2) is 5.09. The summed E-state index contributed by atoms with van der Waals surface area (Å²) in [6, 6.07) is 1.29. The molecule has 2 rings (SSSR count). The molecule has 0 saturated heterocycles. The van der Waals surface area contributed by atoms with Crippen molar-refractivity contribution in [3.8, 4) is 0 Å². The minimum Gasteiger partial charge on any atom is -0.405 e. The Morgan fingerprint density at radius 1 is 1.39 bits per heavy atom. The minimum atomic E-state index is -0.568. The van der Waals surface area contributed by atoms with E-state index in [1.807, 2.05) is 6.92 Å². The summed E-state index contributed by atoms with van der Waals surface area (Å²) in [4.78, 5) is 37.6. The summed E-state index contributed by atoms with van der Waals surface area (Å²) in [5, 5.41) is 0.279. The number of fused-ring (bicyclic) bond motifs is 1. The van der Waals surface area contributed by atoms with E-state index in [1.165, 1.54) is 6.07 Å². The van der Waals surface area contributed by atoms with Crippen LogP contribution < -0.4 is 16.9 Å². The Morgan fingerprint density at radius 3 is 2.72 bits per heavy atom. The molecule has 2 aromatic heterocycles. The molecule has 0 fully saturated rings. The lowest BCUT2D eigenvalue weighted by molar-refractivity contribution is 0.538. The van der Waals surface area contributed by atoms with Crippen molar-refractivity contribution in [3.05, 3.63) is 42.9 Å². The van der Waals surface area contributed by atoms with Crippen LogP contribution in [-0.2, 0) is 13.0 Å². The molecule has 0 amide bonds. The van der Waals surface area contributed by atoms with Crippen molar-refractivity contribution in [3.63, 3.8) is 0 Å². The van der Waals surface area contributed by atoms with Crippen molar-refractivity contribution in [1.29, 1.82) is 0 Å². The van der Waals surface area contributed by atoms with Crippen LogP contribution in [0.15, 0.2) is 24.9 Å². The van der Waals surface area contributed by atoms with Crippen molar-refractivity contribution in [2.75, 3.05) is 4.43 Å². The van der Waals surface area contributed by atoms with E-state index in [9.17, 15) is 14.4 Å². The predicted octanol–water partition coefficient (Wildman–Crippen LogP) is 0.640. The van der Waals surface area contributed by atoms with Gasteiger partial charge in [0.2, 0.25) is 5.71 Å². The SMILES string of the molecule is CCc1cc(=O)oc2[nH]c(=O)n(CCI)c(=O)c12. The van der Waals surface area contributed by atoms with Crippen molar-refractivity contribution < 1.29 is 4.42 Å². The molecule has 0 spiro atoms. The highest BCUT2D eigenvalue weighted by Crippen LogP contribution is 2.09. The van der Waals surface area contributed by atoms with Crippen molar-refractivity contribution in [1.82, 2.24) is 9.55 Å². The molecule has 0 aliphatic heterocycles. The van der Waals surface area contributed by atoms with Crippen LogP contribution in [0.3, 0.4) is 0 Å². The number of alkyl halides is 1. The average Bonchev–Trinajstić information content (AvgIpc) is 2.32. The van der Waals surface area contributed by atoms with Crippen LogP contribution in [0, 0.1) is 0 Å². The van der Waals surface area contributed by atoms with E-state index in [-0.39, 0.29) is 11.1 Å². The third-order valence-electron chi connectivity index (χ3n) is 2.66. The van der Waals surface area contributed by atoms with Gasteiger partial charge in [-0.25, -0.2) is 9.59 Å². The second-order valence-corrected chi connectivity index (χ2v) is 4.80. The fourth-order valence-corrected chi connectivity index (χ4v) is 2.30. The van der Waals surface area contributed by atoms with Crippen LogP contribution in [0.1, 0.15) is 12.5 Å². The number of aromatic amines is 1. The molecule has 2 heterocycles. The first-order valence-corrected chi connectivity index (χ1v) is 6.96. The van der Waals surface area contributed by atoms with Gasteiger partial charge in [0.25, 0.3) is 5.56 Å². The quantitative estimate of drug-likeness (QED) is 0.642. The average molecular weight is 362 g/mol. The van der Waals surface area contributed by atoms with Gasteiger partial charge in [0.15, 0.2) is 0 Å². The van der Waals surface area contributed by atoms with Crippen LogP contribution >= 0.6 is 22.6 Å². The van der Waals surface area contributed by atoms with Gasteiger partial charge < -0.3 is 4.42 Å². The lowest BCUT2D eigenvalue weighted by atomic mass is 10.1. The van der Waals surface area contributed by atoms with E-state index >= 15 is 0 Å². The number of hydrogen-bond donors (Lipinski definition) is 1. The second-order valence-electron chi connectivity index (χ2n) is 3.72. The summed E-state index contributed by atoms with van der Waals surface area (Å²) in [7, 11) is 0. The number of H-pyrrole nitrogens is 1. The van der Waals surface area contributed by atoms with Crippen LogP contribution in [-0.4, -0.2) is 14.0 Å². The maximum Gasteiger partial charge on any atom is 0.337 e. The zero-order chi connectivity index (χ0) is 13.3. The Bertz CT molecular complexity index is 756. The van der Waals surface area contributed by atoms with Gasteiger partial charge in [-0.1, -0.05) is 29.5 Å². The zero-order valence-corrected chi connectivity index (χ0v) is 11.8. The largest absolute Gasteiger partial charge is 0.405 e. The number of rotatable bonds is 3. The van der Waals surface area contributed by atoms with E-state index in [1.54, 1.807) is 0 Å². The third-order valence-corrected chi connectivity index (χ3v) is 3.14. The van der Waals surface area contributed by atoms with Gasteiger partial charge in [-0.3, -0.25) is 14.3 Å². The Balaban J connectivity index is 2.97. The highest BCUT2D eigenvalue weighted by atomic mass is 127. The number of aromatic nitrogens is 2. The van der Waals surface area contributed by atoms with E-state index in [4.69, 9.17) is 4.42 Å². The summed E-state index contributed by atoms with van der Waals surface area (Å²) < 4.78 is 6.63. The normalized spacial score (nSPS) is 11.0. The van der Waals surface area contributed by atoms with E-state index < -0.39 is 16.9 Å². The molecule has 7 heteroatoms. The van der Waals surface area contributed by atoms with E-state index in [0.29, 0.717) is 23.0 Å². The molecule has 6 nitrogen and oxygen atoms in total. The number of nitrogens with one attached hydrogen (secondary N) is 1. The van der Waals surface area contributed by atoms with Crippen LogP contribution in [0.25, 0.3) is 11.1 Å². The number of nitrogens with zero attached hydrogens (tertiary/aromatic N) is 1. The first-order chi connectivity index (χ1) is 8.58. The molecule has 18 heavy (non-hydrogen) atoms. The van der Waals surface area contributed by atoms with Gasteiger partial charge in [-0.15, -0.1) is 0 Å². The van der Waals surface area contributed by atoms with Crippen molar-refractivity contribution in [2.24, 2.45) is 0 Å². The van der Waals surface area contributed by atoms with E-state index in [2.05, 4.69) is 27.6 Å². The number of hydrogen-bond acceptors (Lipinski definition) is 4. The maximum absolute atomic E-state index is 12.2. The first-order valence-electron chi connectivity index (χ1n) is 5.44. The fraction of sp³-hybridized carbons (Fsp3) is 0.364. The Hall–Kier alpha value is -1.38. The maximum atomic E-state index is 12.2. The van der Waals surface area contributed by atoms with Crippen molar-refractivity contribution in [2.45, 2.75) is 19.9 Å². The molecule has 0 bridgehead atoms. The van der Waals surface area contributed by atoms with Gasteiger partial charge in [0.1, 0.15) is 5.39 Å². The zero-order valence-electron chi connectivity index (χ0n) is 9.66. The Morgan fingerprint density at radius 2 is 2.11 bits per heavy atom. The minimum absolute atomic E-state index is 0.0425. The molecule has 96 valence electrons. The molecule has 0 aliphatic carbocycles. The van der Waals surface area contributed by atoms with E-state index in [0.717, 1.165) is 4.57 Å². The topological polar surface area (TPSA) is 85.1 Å². The highest BCUT2D eigenvalue weighted by Gasteiger charge is 2.13. The molecule has 0 radical (unpaired) electrons. The van der Waals surface area contributed by atoms with Crippen LogP contribution in [0.2, 0.25) is 0 Å². The van der Waals surface area contributed by atoms with Crippen LogP contribution in [0.5, 0.6) is 0 Å². The first kappa shape index (κ1) is 13.1. The molecule has 0 saturated carbocycles. The summed E-state index contributed by atoms with van der Waals surface area (Å²) in [6.07, 6.45) is 0.521. The summed E-state index contributed by atoms with van der Waals surface area (Å²) in [5.41, 5.74) is -0.989. The van der Waals surface area contributed by atoms with Gasteiger partial charge >= 0.3 is 11.3 Å². The number of halogens is 1. The monoisotopic (exact) mass is 362 g/mol. The lowest BCUT2D eigenvalue weighted by Gasteiger charge is -2.05. The Labute approximate surface area is 115 Å². The standard InChI is InChI=1S/C11H11IN2O4/c1-2-6-5-7(15)18-9-8(6)10(16)14(4-3-12)11(17)13-9/h5H,2-4H2,1H3,(H,13,17). The van der Waals surface area contributed by atoms with Gasteiger partial charge in [0.05, 0.1) is 0 Å². The van der Waals surface area contributed by atoms with Gasteiger partial charge in [-0.2, -0.15) is 0 Å². The molecule has 1 N–H and O–H groups in total.